The summed E-state index contributed by atoms with van der Waals surface area (Å²) in [5, 5.41) is 19.2. The number of nitriles is 2. The largest absolute Gasteiger partial charge is 0.427 e. The number of nitrogens with zero attached hydrogens (tertiary/aromatic N) is 2. The van der Waals surface area contributed by atoms with E-state index < -0.39 is 0 Å². The van der Waals surface area contributed by atoms with E-state index in [0.717, 1.165) is 33.4 Å². The van der Waals surface area contributed by atoms with Crippen LogP contribution in [-0.2, 0) is 9.59 Å². The van der Waals surface area contributed by atoms with Crippen molar-refractivity contribution >= 4 is 35.2 Å². The summed E-state index contributed by atoms with van der Waals surface area (Å²) in [6.07, 6.45) is 5.95. The fraction of sp³-hybridized carbons (Fsp3) is 0.179. The van der Waals surface area contributed by atoms with Gasteiger partial charge in [-0.25, -0.2) is 0 Å². The Morgan fingerprint density at radius 1 is 0.556 bits per heavy atom. The van der Waals surface area contributed by atoms with E-state index in [1.807, 2.05) is 74.5 Å². The fourth-order valence-corrected chi connectivity index (χ4v) is 4.50. The number of benzene rings is 4. The third-order valence-electron chi connectivity index (χ3n) is 7.07. The van der Waals surface area contributed by atoms with Gasteiger partial charge in [-0.3, -0.25) is 9.59 Å². The molecule has 0 atom stereocenters. The van der Waals surface area contributed by atoms with Crippen LogP contribution in [0.1, 0.15) is 65.5 Å². The van der Waals surface area contributed by atoms with Crippen molar-refractivity contribution in [3.63, 3.8) is 0 Å². The van der Waals surface area contributed by atoms with Crippen molar-refractivity contribution in [1.29, 1.82) is 10.5 Å². The zero-order valence-corrected chi connectivity index (χ0v) is 25.5. The molecule has 0 saturated heterocycles. The Bertz CT molecular complexity index is 1620. The standard InChI is InChI=1S/C39H34N2O4/c1-28-8-12-30(13-9-28)24-34(26-40)32-16-20-36(21-17-32)44-38(42)6-4-3-5-7-39(43)45-37-22-18-33(19-23-37)35(27-41)25-31-14-10-29(2)11-15-31/h8-25H,3-7H2,1-2H3/b34-24-,35-25+. The number of carbonyl (C=O) groups excluding carboxylic acids is 2. The lowest BCUT2D eigenvalue weighted by Crippen LogP contribution is -2.09. The van der Waals surface area contributed by atoms with Crippen molar-refractivity contribution in [3.8, 4) is 23.6 Å². The van der Waals surface area contributed by atoms with Gasteiger partial charge in [-0.05, 0) is 110 Å². The summed E-state index contributed by atoms with van der Waals surface area (Å²) in [7, 11) is 0. The molecule has 0 radical (unpaired) electrons. The summed E-state index contributed by atoms with van der Waals surface area (Å²) in [6, 6.07) is 34.0. The number of aryl methyl sites for hydroxylation is 2. The number of unbranched alkanes of at least 4 members (excludes halogenated alkanes) is 2. The second-order valence-corrected chi connectivity index (χ2v) is 10.7. The highest BCUT2D eigenvalue weighted by Gasteiger charge is 2.09. The number of carbonyl (C=O) groups is 2. The van der Waals surface area contributed by atoms with Crippen LogP contribution in [0.4, 0.5) is 0 Å². The van der Waals surface area contributed by atoms with E-state index in [4.69, 9.17) is 9.47 Å². The van der Waals surface area contributed by atoms with Crippen molar-refractivity contribution in [3.05, 3.63) is 130 Å². The maximum atomic E-state index is 12.3. The molecule has 0 N–H and O–H groups in total. The third-order valence-corrected chi connectivity index (χ3v) is 7.07. The molecule has 0 unspecified atom stereocenters. The molecule has 0 bridgehead atoms. The summed E-state index contributed by atoms with van der Waals surface area (Å²) < 4.78 is 10.9. The van der Waals surface area contributed by atoms with Gasteiger partial charge in [-0.15, -0.1) is 0 Å². The van der Waals surface area contributed by atoms with Crippen LogP contribution in [0, 0.1) is 36.5 Å². The molecule has 4 rings (SSSR count). The lowest BCUT2D eigenvalue weighted by molar-refractivity contribution is -0.134. The van der Waals surface area contributed by atoms with Crippen LogP contribution in [-0.4, -0.2) is 11.9 Å². The number of hydrogen-bond donors (Lipinski definition) is 0. The summed E-state index contributed by atoms with van der Waals surface area (Å²) >= 11 is 0. The zero-order chi connectivity index (χ0) is 32.0. The normalized spacial score (nSPS) is 11.3. The van der Waals surface area contributed by atoms with Gasteiger partial charge in [-0.2, -0.15) is 10.5 Å². The maximum absolute atomic E-state index is 12.3. The Hall–Kier alpha value is -5.72. The minimum Gasteiger partial charge on any atom is -0.427 e. The van der Waals surface area contributed by atoms with Gasteiger partial charge in [0, 0.05) is 12.8 Å². The van der Waals surface area contributed by atoms with Gasteiger partial charge in [0.15, 0.2) is 0 Å². The second kappa shape index (κ2) is 16.2. The van der Waals surface area contributed by atoms with E-state index in [1.54, 1.807) is 48.5 Å². The zero-order valence-electron chi connectivity index (χ0n) is 25.5. The minimum absolute atomic E-state index is 0.229. The second-order valence-electron chi connectivity index (χ2n) is 10.7. The molecule has 0 spiro atoms. The first-order valence-electron chi connectivity index (χ1n) is 14.8. The van der Waals surface area contributed by atoms with Gasteiger partial charge in [-0.1, -0.05) is 66.1 Å². The van der Waals surface area contributed by atoms with Crippen molar-refractivity contribution in [2.24, 2.45) is 0 Å². The molecule has 4 aromatic carbocycles. The molecular weight excluding hydrogens is 560 g/mol. The monoisotopic (exact) mass is 594 g/mol. The predicted octanol–water partition coefficient (Wildman–Crippen LogP) is 8.89. The summed E-state index contributed by atoms with van der Waals surface area (Å²) in [5.74, 6) is 0.126. The maximum Gasteiger partial charge on any atom is 0.311 e. The molecule has 0 aliphatic carbocycles. The number of esters is 2. The van der Waals surface area contributed by atoms with Crippen LogP contribution in [0.5, 0.6) is 11.5 Å². The average Bonchev–Trinajstić information content (AvgIpc) is 3.05. The minimum atomic E-state index is -0.353. The lowest BCUT2D eigenvalue weighted by atomic mass is 10.0. The first-order valence-corrected chi connectivity index (χ1v) is 14.8. The van der Waals surface area contributed by atoms with Gasteiger partial charge in [0.05, 0.1) is 23.3 Å². The first-order chi connectivity index (χ1) is 21.8. The molecule has 0 amide bonds. The first kappa shape index (κ1) is 32.2. The van der Waals surface area contributed by atoms with Gasteiger partial charge in [0.1, 0.15) is 11.5 Å². The third kappa shape index (κ3) is 10.2. The molecular formula is C39H34N2O4. The van der Waals surface area contributed by atoms with E-state index in [0.29, 0.717) is 41.9 Å². The quantitative estimate of drug-likeness (QED) is 0.0534. The van der Waals surface area contributed by atoms with Crippen LogP contribution in [0.2, 0.25) is 0 Å². The molecule has 0 aliphatic heterocycles. The van der Waals surface area contributed by atoms with Gasteiger partial charge in [0.2, 0.25) is 0 Å². The van der Waals surface area contributed by atoms with Crippen LogP contribution < -0.4 is 9.47 Å². The van der Waals surface area contributed by atoms with Gasteiger partial charge < -0.3 is 9.47 Å². The van der Waals surface area contributed by atoms with Crippen LogP contribution in [0.3, 0.4) is 0 Å². The molecule has 0 saturated carbocycles. The fourth-order valence-electron chi connectivity index (χ4n) is 4.50. The van der Waals surface area contributed by atoms with E-state index in [9.17, 15) is 20.1 Å². The number of allylic oxidation sites excluding steroid dienone is 2. The summed E-state index contributed by atoms with van der Waals surface area (Å²) in [5.41, 5.74) is 6.69. The SMILES string of the molecule is Cc1ccc(/C=C(\C#N)c2ccc(OC(=O)CCCCCC(=O)Oc3ccc(/C(C#N)=C\c4ccc(C)cc4)cc3)cc2)cc1. The van der Waals surface area contributed by atoms with E-state index >= 15 is 0 Å². The summed E-state index contributed by atoms with van der Waals surface area (Å²) in [6.45, 7) is 4.02. The molecule has 0 aliphatic rings. The Morgan fingerprint density at radius 3 is 1.24 bits per heavy atom. The molecule has 224 valence electrons. The Balaban J connectivity index is 1.16. The molecule has 4 aromatic rings. The highest BCUT2D eigenvalue weighted by molar-refractivity contribution is 5.90. The summed E-state index contributed by atoms with van der Waals surface area (Å²) in [4.78, 5) is 24.6. The van der Waals surface area contributed by atoms with Gasteiger partial charge >= 0.3 is 11.9 Å². The Labute approximate surface area is 264 Å². The van der Waals surface area contributed by atoms with Crippen LogP contribution >= 0.6 is 0 Å². The Morgan fingerprint density at radius 2 is 0.911 bits per heavy atom. The molecule has 6 nitrogen and oxygen atoms in total. The highest BCUT2D eigenvalue weighted by Crippen LogP contribution is 2.23. The topological polar surface area (TPSA) is 100 Å². The molecule has 0 heterocycles. The predicted molar refractivity (Wildman–Crippen MR) is 177 cm³/mol. The molecule has 0 aromatic heterocycles. The number of hydrogen-bond acceptors (Lipinski definition) is 6. The molecule has 6 heteroatoms. The van der Waals surface area contributed by atoms with Crippen LogP contribution in [0.15, 0.2) is 97.1 Å². The van der Waals surface area contributed by atoms with Crippen molar-refractivity contribution in [2.45, 2.75) is 46.0 Å². The molecule has 45 heavy (non-hydrogen) atoms. The van der Waals surface area contributed by atoms with Crippen molar-refractivity contribution in [1.82, 2.24) is 0 Å². The van der Waals surface area contributed by atoms with Gasteiger partial charge in [0.25, 0.3) is 0 Å². The Kier molecular flexibility index (Phi) is 11.6. The highest BCUT2D eigenvalue weighted by atomic mass is 16.5. The van der Waals surface area contributed by atoms with Crippen molar-refractivity contribution < 1.29 is 19.1 Å². The molecule has 0 fully saturated rings. The van der Waals surface area contributed by atoms with E-state index in [1.165, 1.54) is 0 Å². The van der Waals surface area contributed by atoms with Crippen LogP contribution in [0.25, 0.3) is 23.3 Å². The smallest absolute Gasteiger partial charge is 0.311 e. The number of ether oxygens (including phenoxy) is 2. The van der Waals surface area contributed by atoms with Crippen molar-refractivity contribution in [2.75, 3.05) is 0 Å². The number of rotatable bonds is 12. The van der Waals surface area contributed by atoms with E-state index in [-0.39, 0.29) is 24.8 Å². The lowest BCUT2D eigenvalue weighted by Gasteiger charge is -2.07. The van der Waals surface area contributed by atoms with E-state index in [2.05, 4.69) is 12.1 Å². The average molecular weight is 595 g/mol.